The molecule has 0 spiro atoms. The highest BCUT2D eigenvalue weighted by Crippen LogP contribution is 2.65. The molecular weight excluding hydrogens is 675 g/mol. The zero-order valence-electron chi connectivity index (χ0n) is 21.7. The van der Waals surface area contributed by atoms with Crippen LogP contribution in [-0.4, -0.2) is 28.2 Å². The first-order valence-electron chi connectivity index (χ1n) is 12.2. The van der Waals surface area contributed by atoms with Gasteiger partial charge in [0.25, 0.3) is 5.91 Å². The Morgan fingerprint density at radius 1 is 0.778 bits per heavy atom. The van der Waals surface area contributed by atoms with Gasteiger partial charge in [-0.1, -0.05) is 6.07 Å². The molecule has 2 atom stereocenters. The van der Waals surface area contributed by atoms with Crippen molar-refractivity contribution in [3.8, 4) is 0 Å². The van der Waals surface area contributed by atoms with Crippen LogP contribution >= 0.6 is 23.2 Å². The van der Waals surface area contributed by atoms with Crippen LogP contribution < -0.4 is 16.0 Å². The molecule has 4 rings (SSSR count). The SMILES string of the molecule is O=C(CC(F)(F)F)Nc1c(F)ccc(NC(=O)c2cc(NC(=O)[C@H]3[C@H](c4ccc(F)c(C(F)(F)F)c4)C3(Cl)Cl)ccc2F)c1F. The number of carbonyl (C=O) groups excluding carboxylic acids is 3. The van der Waals surface area contributed by atoms with E-state index in [9.17, 15) is 58.3 Å². The molecule has 45 heavy (non-hydrogen) atoms. The van der Waals surface area contributed by atoms with Crippen LogP contribution in [-0.2, 0) is 15.8 Å². The average Bonchev–Trinajstić information content (AvgIpc) is 3.49. The molecule has 3 aromatic rings. The largest absolute Gasteiger partial charge is 0.419 e. The fourth-order valence-corrected chi connectivity index (χ4v) is 5.17. The molecule has 3 aromatic carbocycles. The van der Waals surface area contributed by atoms with Crippen molar-refractivity contribution >= 4 is 58.0 Å². The summed E-state index contributed by atoms with van der Waals surface area (Å²) < 4.78 is 132. The summed E-state index contributed by atoms with van der Waals surface area (Å²) in [5, 5.41) is 5.52. The second kappa shape index (κ2) is 12.0. The Hall–Kier alpha value is -4.05. The lowest BCUT2D eigenvalue weighted by Crippen LogP contribution is -2.23. The van der Waals surface area contributed by atoms with Crippen molar-refractivity contribution in [3.63, 3.8) is 0 Å². The monoisotopic (exact) mass is 689 g/mol. The van der Waals surface area contributed by atoms with Gasteiger partial charge in [0, 0.05) is 11.6 Å². The number of rotatable bonds is 7. The van der Waals surface area contributed by atoms with Gasteiger partial charge in [-0.2, -0.15) is 26.3 Å². The van der Waals surface area contributed by atoms with Gasteiger partial charge in [0.05, 0.1) is 22.7 Å². The van der Waals surface area contributed by atoms with Gasteiger partial charge in [-0.25, -0.2) is 17.6 Å². The van der Waals surface area contributed by atoms with Crippen LogP contribution in [0, 0.1) is 29.2 Å². The van der Waals surface area contributed by atoms with Crippen molar-refractivity contribution in [1.82, 2.24) is 0 Å². The number of benzene rings is 3. The molecule has 1 aliphatic rings. The predicted molar refractivity (Wildman–Crippen MR) is 141 cm³/mol. The number of alkyl halides is 8. The lowest BCUT2D eigenvalue weighted by Gasteiger charge is -2.13. The van der Waals surface area contributed by atoms with E-state index >= 15 is 0 Å². The Morgan fingerprint density at radius 2 is 1.40 bits per heavy atom. The van der Waals surface area contributed by atoms with Crippen molar-refractivity contribution in [3.05, 3.63) is 88.5 Å². The van der Waals surface area contributed by atoms with Crippen LogP contribution in [0.4, 0.5) is 61.0 Å². The van der Waals surface area contributed by atoms with Crippen molar-refractivity contribution in [1.29, 1.82) is 0 Å². The highest BCUT2D eigenvalue weighted by molar-refractivity contribution is 6.53. The van der Waals surface area contributed by atoms with E-state index in [4.69, 9.17) is 23.2 Å². The predicted octanol–water partition coefficient (Wildman–Crippen LogP) is 7.93. The Morgan fingerprint density at radius 3 is 2.02 bits per heavy atom. The molecule has 0 radical (unpaired) electrons. The number of hydrogen-bond acceptors (Lipinski definition) is 3. The fourth-order valence-electron chi connectivity index (χ4n) is 4.34. The average molecular weight is 690 g/mol. The molecule has 3 N–H and O–H groups in total. The zero-order valence-corrected chi connectivity index (χ0v) is 23.3. The van der Waals surface area contributed by atoms with Gasteiger partial charge in [-0.05, 0) is 48.0 Å². The van der Waals surface area contributed by atoms with Gasteiger partial charge < -0.3 is 16.0 Å². The van der Waals surface area contributed by atoms with E-state index in [2.05, 4.69) is 5.32 Å². The third-order valence-corrected chi connectivity index (χ3v) is 7.37. The summed E-state index contributed by atoms with van der Waals surface area (Å²) in [6.45, 7) is 0. The third kappa shape index (κ3) is 7.44. The van der Waals surface area contributed by atoms with Gasteiger partial charge in [0.15, 0.2) is 5.82 Å². The molecule has 0 saturated heterocycles. The van der Waals surface area contributed by atoms with E-state index in [-0.39, 0.29) is 11.3 Å². The van der Waals surface area contributed by atoms with Gasteiger partial charge >= 0.3 is 12.4 Å². The van der Waals surface area contributed by atoms with E-state index in [0.29, 0.717) is 30.3 Å². The van der Waals surface area contributed by atoms with E-state index in [1.807, 2.05) is 5.32 Å². The van der Waals surface area contributed by atoms with Crippen LogP contribution in [0.25, 0.3) is 0 Å². The highest BCUT2D eigenvalue weighted by atomic mass is 35.5. The van der Waals surface area contributed by atoms with Crippen molar-refractivity contribution < 1.29 is 58.3 Å². The first-order chi connectivity index (χ1) is 20.7. The molecule has 0 bridgehead atoms. The Balaban J connectivity index is 1.51. The topological polar surface area (TPSA) is 87.3 Å². The molecule has 3 amide bonds. The Labute approximate surface area is 255 Å². The molecule has 18 heteroatoms. The van der Waals surface area contributed by atoms with Crippen LogP contribution in [0.15, 0.2) is 48.5 Å². The second-order valence-corrected chi connectivity index (χ2v) is 11.1. The molecule has 0 heterocycles. The van der Waals surface area contributed by atoms with Crippen LogP contribution in [0.1, 0.15) is 33.8 Å². The maximum Gasteiger partial charge on any atom is 0.419 e. The minimum absolute atomic E-state index is 0.205. The third-order valence-electron chi connectivity index (χ3n) is 6.43. The van der Waals surface area contributed by atoms with Gasteiger partial charge in [-0.15, -0.1) is 23.2 Å². The van der Waals surface area contributed by atoms with Gasteiger partial charge in [0.1, 0.15) is 33.9 Å². The Bertz CT molecular complexity index is 1700. The minimum atomic E-state index is -5.06. The quantitative estimate of drug-likeness (QED) is 0.174. The number of anilines is 3. The summed E-state index contributed by atoms with van der Waals surface area (Å²) in [5.41, 5.74) is -5.11. The number of carbonyl (C=O) groups is 3. The second-order valence-electron chi connectivity index (χ2n) is 9.63. The molecule has 1 aliphatic carbocycles. The molecule has 0 aromatic heterocycles. The molecule has 1 fully saturated rings. The van der Waals surface area contributed by atoms with Crippen LogP contribution in [0.3, 0.4) is 0 Å². The van der Waals surface area contributed by atoms with E-state index < -0.39 is 98.4 Å². The number of halogens is 12. The molecule has 240 valence electrons. The lowest BCUT2D eigenvalue weighted by atomic mass is 10.0. The highest BCUT2D eigenvalue weighted by Gasteiger charge is 2.67. The number of amides is 3. The Kier molecular flexibility index (Phi) is 9.05. The van der Waals surface area contributed by atoms with E-state index in [1.165, 1.54) is 5.32 Å². The zero-order chi connectivity index (χ0) is 33.6. The van der Waals surface area contributed by atoms with E-state index in [1.54, 1.807) is 0 Å². The summed E-state index contributed by atoms with van der Waals surface area (Å²) in [5.74, 6) is -12.8. The summed E-state index contributed by atoms with van der Waals surface area (Å²) in [6, 6.07) is 5.52. The van der Waals surface area contributed by atoms with Crippen LogP contribution in [0.5, 0.6) is 0 Å². The smallest absolute Gasteiger partial charge is 0.326 e. The fraction of sp³-hybridized carbons (Fsp3) is 0.222. The number of hydrogen-bond donors (Lipinski definition) is 3. The van der Waals surface area contributed by atoms with Crippen molar-refractivity contribution in [2.45, 2.75) is 29.0 Å². The number of nitrogens with one attached hydrogen (secondary N) is 3. The van der Waals surface area contributed by atoms with Crippen molar-refractivity contribution in [2.75, 3.05) is 16.0 Å². The van der Waals surface area contributed by atoms with E-state index in [0.717, 1.165) is 18.2 Å². The summed E-state index contributed by atoms with van der Waals surface area (Å²) >= 11 is 12.3. The molecular formula is C27H15Cl2F10N3O3. The molecule has 1 saturated carbocycles. The maximum absolute atomic E-state index is 14.8. The first kappa shape index (κ1) is 33.8. The first-order valence-corrected chi connectivity index (χ1v) is 13.0. The molecule has 6 nitrogen and oxygen atoms in total. The van der Waals surface area contributed by atoms with Gasteiger partial charge in [-0.3, -0.25) is 14.4 Å². The lowest BCUT2D eigenvalue weighted by molar-refractivity contribution is -0.150. The minimum Gasteiger partial charge on any atom is -0.326 e. The summed E-state index contributed by atoms with van der Waals surface area (Å²) in [7, 11) is 0. The normalized spacial score (nSPS) is 17.4. The summed E-state index contributed by atoms with van der Waals surface area (Å²) in [6.07, 6.45) is -12.1. The standard InChI is InChI=1S/C27H15Cl2F10N3O3/c28-26(29)19(10-1-3-15(31)13(7-10)27(37,38)39)20(26)24(45)40-11-2-4-14(30)12(8-11)23(44)41-17-6-5-16(32)22(21(17)33)42-18(43)9-25(34,35)36/h1-8,19-20H,9H2,(H,40,45)(H,41,44)(H,42,43)/t19-,20+/m0/s1. The molecule has 0 unspecified atom stereocenters. The van der Waals surface area contributed by atoms with Crippen molar-refractivity contribution in [2.24, 2.45) is 5.92 Å². The molecule has 0 aliphatic heterocycles. The maximum atomic E-state index is 14.8. The van der Waals surface area contributed by atoms with Crippen LogP contribution in [0.2, 0.25) is 0 Å². The van der Waals surface area contributed by atoms with Gasteiger partial charge in [0.2, 0.25) is 11.8 Å². The summed E-state index contributed by atoms with van der Waals surface area (Å²) in [4.78, 5) is 37.1.